The summed E-state index contributed by atoms with van der Waals surface area (Å²) in [4.78, 5) is 2.59. The molecule has 0 amide bonds. The molecule has 98 valence electrons. The van der Waals surface area contributed by atoms with Gasteiger partial charge in [-0.2, -0.15) is 0 Å². The van der Waals surface area contributed by atoms with Gasteiger partial charge in [0.1, 0.15) is 0 Å². The zero-order chi connectivity index (χ0) is 12.0. The van der Waals surface area contributed by atoms with Gasteiger partial charge in [-0.3, -0.25) is 0 Å². The van der Waals surface area contributed by atoms with Crippen molar-refractivity contribution in [2.45, 2.75) is 56.7 Å². The molecule has 3 N–H and O–H groups in total. The summed E-state index contributed by atoms with van der Waals surface area (Å²) in [5, 5.41) is 3.85. The third-order valence-corrected chi connectivity index (χ3v) is 5.64. The van der Waals surface area contributed by atoms with Crippen LogP contribution in [0, 0.1) is 11.8 Å². The maximum Gasteiger partial charge on any atom is 0.0333 e. The Morgan fingerprint density at radius 3 is 2.35 bits per heavy atom. The summed E-state index contributed by atoms with van der Waals surface area (Å²) in [5.74, 6) is 1.87. The average Bonchev–Trinajstić information content (AvgIpc) is 3.00. The zero-order valence-corrected chi connectivity index (χ0v) is 11.3. The Labute approximate surface area is 105 Å². The number of fused-ring (bicyclic) bond motifs is 2. The molecule has 0 radical (unpaired) electrons. The van der Waals surface area contributed by atoms with Crippen molar-refractivity contribution in [2.75, 3.05) is 20.1 Å². The summed E-state index contributed by atoms with van der Waals surface area (Å²) in [7, 11) is 2.30. The van der Waals surface area contributed by atoms with Gasteiger partial charge in [-0.25, -0.2) is 0 Å². The molecule has 4 unspecified atom stereocenters. The van der Waals surface area contributed by atoms with Gasteiger partial charge in [0.2, 0.25) is 0 Å². The van der Waals surface area contributed by atoms with E-state index < -0.39 is 0 Å². The van der Waals surface area contributed by atoms with Crippen LogP contribution in [-0.2, 0) is 0 Å². The van der Waals surface area contributed by atoms with Crippen molar-refractivity contribution >= 4 is 0 Å². The van der Waals surface area contributed by atoms with E-state index in [2.05, 4.69) is 24.2 Å². The molecule has 1 aliphatic carbocycles. The molecule has 3 aliphatic rings. The van der Waals surface area contributed by atoms with Gasteiger partial charge in [-0.05, 0) is 57.5 Å². The van der Waals surface area contributed by atoms with Crippen LogP contribution >= 0.6 is 0 Å². The number of hydrogen-bond acceptors (Lipinski definition) is 3. The summed E-state index contributed by atoms with van der Waals surface area (Å²) < 4.78 is 0. The van der Waals surface area contributed by atoms with E-state index in [0.29, 0.717) is 0 Å². The first kappa shape index (κ1) is 11.9. The molecule has 3 nitrogen and oxygen atoms in total. The highest BCUT2D eigenvalue weighted by Gasteiger charge is 2.46. The van der Waals surface area contributed by atoms with E-state index in [4.69, 9.17) is 5.73 Å². The molecule has 0 spiro atoms. The average molecular weight is 237 g/mol. The molecule has 3 heteroatoms. The van der Waals surface area contributed by atoms with Gasteiger partial charge < -0.3 is 16.0 Å². The van der Waals surface area contributed by atoms with Crippen LogP contribution in [0.4, 0.5) is 0 Å². The largest absolute Gasteiger partial charge is 0.329 e. The van der Waals surface area contributed by atoms with Crippen LogP contribution < -0.4 is 11.1 Å². The van der Waals surface area contributed by atoms with Crippen LogP contribution in [0.3, 0.4) is 0 Å². The number of hydrogen-bond donors (Lipinski definition) is 2. The van der Waals surface area contributed by atoms with E-state index in [1.54, 1.807) is 0 Å². The molecule has 0 aromatic heterocycles. The highest BCUT2D eigenvalue weighted by Crippen LogP contribution is 2.41. The van der Waals surface area contributed by atoms with Gasteiger partial charge in [-0.1, -0.05) is 6.92 Å². The predicted octanol–water partition coefficient (Wildman–Crippen LogP) is 1.19. The third-order valence-electron chi connectivity index (χ3n) is 5.64. The maximum absolute atomic E-state index is 6.10. The first-order valence-corrected chi connectivity index (χ1v) is 7.30. The highest BCUT2D eigenvalue weighted by molar-refractivity contribution is 5.06. The summed E-state index contributed by atoms with van der Waals surface area (Å²) >= 11 is 0. The van der Waals surface area contributed by atoms with Crippen molar-refractivity contribution in [3.63, 3.8) is 0 Å². The Morgan fingerprint density at radius 1 is 1.29 bits per heavy atom. The lowest BCUT2D eigenvalue weighted by Crippen LogP contribution is -2.60. The Balaban J connectivity index is 1.62. The van der Waals surface area contributed by atoms with E-state index in [9.17, 15) is 0 Å². The molecule has 1 saturated carbocycles. The Morgan fingerprint density at radius 2 is 1.88 bits per heavy atom. The molecular formula is C14H27N3. The van der Waals surface area contributed by atoms with Gasteiger partial charge >= 0.3 is 0 Å². The van der Waals surface area contributed by atoms with Gasteiger partial charge in [0.25, 0.3) is 0 Å². The second kappa shape index (κ2) is 4.22. The van der Waals surface area contributed by atoms with Crippen LogP contribution in [0.2, 0.25) is 0 Å². The fraction of sp³-hybridized carbons (Fsp3) is 1.00. The highest BCUT2D eigenvalue weighted by atomic mass is 15.2. The van der Waals surface area contributed by atoms with E-state index in [1.165, 1.54) is 38.6 Å². The van der Waals surface area contributed by atoms with Crippen molar-refractivity contribution in [3.05, 3.63) is 0 Å². The van der Waals surface area contributed by atoms with Gasteiger partial charge in [0.15, 0.2) is 0 Å². The molecule has 2 saturated heterocycles. The quantitative estimate of drug-likeness (QED) is 0.771. The molecule has 3 rings (SSSR count). The van der Waals surface area contributed by atoms with E-state index >= 15 is 0 Å². The van der Waals surface area contributed by atoms with Crippen molar-refractivity contribution in [1.29, 1.82) is 0 Å². The van der Waals surface area contributed by atoms with Crippen LogP contribution in [0.25, 0.3) is 0 Å². The molecule has 2 aliphatic heterocycles. The van der Waals surface area contributed by atoms with Crippen LogP contribution in [0.15, 0.2) is 0 Å². The van der Waals surface area contributed by atoms with Crippen LogP contribution in [0.1, 0.15) is 39.0 Å². The number of piperidine rings is 1. The summed E-state index contributed by atoms with van der Waals surface area (Å²) in [6.45, 7) is 4.37. The van der Waals surface area contributed by atoms with Gasteiger partial charge in [-0.15, -0.1) is 0 Å². The summed E-state index contributed by atoms with van der Waals surface area (Å²) in [5.41, 5.74) is 6.35. The third kappa shape index (κ3) is 2.13. The van der Waals surface area contributed by atoms with E-state index in [-0.39, 0.29) is 5.54 Å². The minimum atomic E-state index is 0.251. The number of nitrogens with two attached hydrogens (primary N) is 1. The molecule has 4 atom stereocenters. The first-order valence-electron chi connectivity index (χ1n) is 7.30. The normalized spacial score (nSPS) is 49.6. The first-order chi connectivity index (χ1) is 8.13. The lowest BCUT2D eigenvalue weighted by atomic mass is 9.83. The van der Waals surface area contributed by atoms with Crippen molar-refractivity contribution in [3.8, 4) is 0 Å². The standard InChI is InChI=1S/C14H27N3/c1-10-5-11(10)8-16-14(9-15)6-12-3-4-13(7-14)17(12)2/h10-13,16H,3-9,15H2,1-2H3. The number of nitrogens with one attached hydrogen (secondary N) is 1. The SMILES string of the molecule is CC1CC1CNC1(CN)CC2CCC(C1)N2C. The minimum Gasteiger partial charge on any atom is -0.329 e. The maximum atomic E-state index is 6.10. The smallest absolute Gasteiger partial charge is 0.0333 e. The van der Waals surface area contributed by atoms with Crippen molar-refractivity contribution < 1.29 is 0 Å². The summed E-state index contributed by atoms with van der Waals surface area (Å²) in [6.07, 6.45) is 6.70. The topological polar surface area (TPSA) is 41.3 Å². The Bertz CT molecular complexity index is 277. The van der Waals surface area contributed by atoms with Crippen molar-refractivity contribution in [2.24, 2.45) is 17.6 Å². The zero-order valence-electron chi connectivity index (χ0n) is 11.3. The van der Waals surface area contributed by atoms with Crippen LogP contribution in [-0.4, -0.2) is 42.7 Å². The lowest BCUT2D eigenvalue weighted by molar-refractivity contribution is 0.0936. The second-order valence-corrected chi connectivity index (χ2v) is 6.80. The van der Waals surface area contributed by atoms with Gasteiger partial charge in [0, 0.05) is 24.2 Å². The van der Waals surface area contributed by atoms with E-state index in [0.717, 1.165) is 30.5 Å². The fourth-order valence-corrected chi connectivity index (χ4v) is 3.98. The predicted molar refractivity (Wildman–Crippen MR) is 70.9 cm³/mol. The number of rotatable bonds is 4. The second-order valence-electron chi connectivity index (χ2n) is 6.80. The van der Waals surface area contributed by atoms with Crippen LogP contribution in [0.5, 0.6) is 0 Å². The molecular weight excluding hydrogens is 210 g/mol. The van der Waals surface area contributed by atoms with Crippen molar-refractivity contribution in [1.82, 2.24) is 10.2 Å². The molecule has 0 aromatic rings. The molecule has 2 bridgehead atoms. The molecule has 0 aromatic carbocycles. The molecule has 2 heterocycles. The molecule has 3 fully saturated rings. The minimum absolute atomic E-state index is 0.251. The van der Waals surface area contributed by atoms with Gasteiger partial charge in [0.05, 0.1) is 0 Å². The molecule has 17 heavy (non-hydrogen) atoms. The monoisotopic (exact) mass is 237 g/mol. The Hall–Kier alpha value is -0.120. The van der Waals surface area contributed by atoms with E-state index in [1.807, 2.05) is 0 Å². The number of nitrogens with zero attached hydrogens (tertiary/aromatic N) is 1. The lowest BCUT2D eigenvalue weighted by Gasteiger charge is -2.45. The Kier molecular flexibility index (Phi) is 2.96. The fourth-order valence-electron chi connectivity index (χ4n) is 3.98. The summed E-state index contributed by atoms with van der Waals surface area (Å²) in [6, 6.07) is 1.56.